The van der Waals surface area contributed by atoms with Crippen molar-refractivity contribution in [2.24, 2.45) is 28.6 Å². The van der Waals surface area contributed by atoms with E-state index in [4.69, 9.17) is 0 Å². The molecule has 0 amide bonds. The third-order valence-corrected chi connectivity index (χ3v) is 8.75. The van der Waals surface area contributed by atoms with Crippen molar-refractivity contribution in [3.8, 4) is 0 Å². The molecule has 0 radical (unpaired) electrons. The zero-order valence-electron chi connectivity index (χ0n) is 15.5. The molecule has 3 saturated carbocycles. The van der Waals surface area contributed by atoms with Crippen LogP contribution in [0.4, 0.5) is 0 Å². The number of Topliss-reactive ketones (excluding diaryl/α,β-unsaturated/α-hetero) is 1. The van der Waals surface area contributed by atoms with E-state index < -0.39 is 22.7 Å². The first kappa shape index (κ1) is 17.4. The molecule has 1 spiro atoms. The molecule has 4 aliphatic carbocycles. The van der Waals surface area contributed by atoms with Gasteiger partial charge in [0.15, 0.2) is 0 Å². The van der Waals surface area contributed by atoms with Crippen molar-refractivity contribution >= 4 is 5.78 Å². The predicted octanol–water partition coefficient (Wildman–Crippen LogP) is 2.38. The Labute approximate surface area is 149 Å². The first-order valence-electron chi connectivity index (χ1n) is 9.54. The summed E-state index contributed by atoms with van der Waals surface area (Å²) in [6.45, 7) is 9.91. The molecule has 4 nitrogen and oxygen atoms in total. The van der Waals surface area contributed by atoms with Crippen LogP contribution in [-0.2, 0) is 4.79 Å². The van der Waals surface area contributed by atoms with E-state index in [0.29, 0.717) is 32.1 Å². The Morgan fingerprint density at radius 1 is 1.28 bits per heavy atom. The van der Waals surface area contributed by atoms with Crippen LogP contribution in [0.15, 0.2) is 24.3 Å². The molecule has 138 valence electrons. The van der Waals surface area contributed by atoms with Gasteiger partial charge in [-0.05, 0) is 55.4 Å². The van der Waals surface area contributed by atoms with Crippen LogP contribution in [0.3, 0.4) is 0 Å². The summed E-state index contributed by atoms with van der Waals surface area (Å²) < 4.78 is 0. The third kappa shape index (κ3) is 1.86. The summed E-state index contributed by atoms with van der Waals surface area (Å²) >= 11 is 0. The molecule has 0 saturated heterocycles. The van der Waals surface area contributed by atoms with E-state index >= 15 is 0 Å². The average Bonchev–Trinajstić information content (AvgIpc) is 2.75. The maximum Gasteiger partial charge on any atom is 0.142 e. The van der Waals surface area contributed by atoms with Crippen molar-refractivity contribution in [2.75, 3.05) is 0 Å². The minimum absolute atomic E-state index is 0.0159. The number of fused-ring (bicyclic) bond motifs is 4. The van der Waals surface area contributed by atoms with Crippen LogP contribution in [0.25, 0.3) is 0 Å². The summed E-state index contributed by atoms with van der Waals surface area (Å²) in [5, 5.41) is 33.4. The standard InChI is InChI=1S/C21H30O4/c1-12-9-17(23)18(4)14(3)21(25,8-6-16(18)22)15-5-7-20(24)11-19(12,15)10-13(20)2/h6,8,12,14-16,22,24-25H,2,5,7,9-11H2,1,3-4H3/t12-,14?,15+,16-,18-,19+,20?,21-/m0/s1. The normalized spacial score (nSPS) is 57.8. The molecule has 25 heavy (non-hydrogen) atoms. The molecule has 4 heteroatoms. The number of aliphatic hydroxyl groups is 3. The fraction of sp³-hybridized carbons (Fsp3) is 0.762. The van der Waals surface area contributed by atoms with Gasteiger partial charge in [-0.3, -0.25) is 4.79 Å². The lowest BCUT2D eigenvalue weighted by atomic mass is 9.46. The molecule has 4 aliphatic rings. The van der Waals surface area contributed by atoms with Crippen LogP contribution in [0, 0.1) is 28.6 Å². The van der Waals surface area contributed by atoms with Gasteiger partial charge in [0, 0.05) is 12.3 Å². The van der Waals surface area contributed by atoms with E-state index in [0.717, 1.165) is 5.57 Å². The minimum atomic E-state index is -1.15. The van der Waals surface area contributed by atoms with Crippen LogP contribution in [0.1, 0.15) is 52.9 Å². The summed E-state index contributed by atoms with van der Waals surface area (Å²) in [4.78, 5) is 13.2. The van der Waals surface area contributed by atoms with Gasteiger partial charge in [0.25, 0.3) is 0 Å². The first-order chi connectivity index (χ1) is 11.5. The molecule has 2 unspecified atom stereocenters. The molecule has 0 heterocycles. The summed E-state index contributed by atoms with van der Waals surface area (Å²) in [7, 11) is 0. The fourth-order valence-electron chi connectivity index (χ4n) is 6.71. The number of ketones is 1. The maximum absolute atomic E-state index is 13.2. The zero-order valence-corrected chi connectivity index (χ0v) is 15.5. The number of hydrogen-bond acceptors (Lipinski definition) is 4. The SMILES string of the molecule is C=C1C[C@]23CC1(O)CC[C@H]2[C@]1(O)C=C[C@H](O)[C@@](C)(C(=O)C[C@@H]3C)C1C. The highest BCUT2D eigenvalue weighted by molar-refractivity contribution is 5.87. The van der Waals surface area contributed by atoms with Crippen molar-refractivity contribution in [1.82, 2.24) is 0 Å². The Morgan fingerprint density at radius 3 is 2.64 bits per heavy atom. The molecule has 0 aliphatic heterocycles. The highest BCUT2D eigenvalue weighted by Gasteiger charge is 2.68. The van der Waals surface area contributed by atoms with E-state index in [1.807, 2.05) is 6.92 Å². The Morgan fingerprint density at radius 2 is 1.96 bits per heavy atom. The number of aliphatic hydroxyl groups excluding tert-OH is 1. The van der Waals surface area contributed by atoms with Crippen LogP contribution in [-0.4, -0.2) is 38.4 Å². The van der Waals surface area contributed by atoms with Gasteiger partial charge in [-0.25, -0.2) is 0 Å². The lowest BCUT2D eigenvalue weighted by Crippen LogP contribution is -2.65. The molecule has 0 aromatic carbocycles. The average molecular weight is 346 g/mol. The number of carbonyl (C=O) groups is 1. The van der Waals surface area contributed by atoms with Crippen molar-refractivity contribution in [3.05, 3.63) is 24.3 Å². The molecule has 3 N–H and O–H groups in total. The first-order valence-corrected chi connectivity index (χ1v) is 9.54. The Kier molecular flexibility index (Phi) is 3.38. The Hall–Kier alpha value is -0.970. The Bertz CT molecular complexity index is 683. The van der Waals surface area contributed by atoms with Crippen molar-refractivity contribution < 1.29 is 20.1 Å². The number of rotatable bonds is 0. The quantitative estimate of drug-likeness (QED) is 0.589. The highest BCUT2D eigenvalue weighted by Crippen LogP contribution is 2.68. The summed E-state index contributed by atoms with van der Waals surface area (Å²) in [5.41, 5.74) is -2.42. The largest absolute Gasteiger partial charge is 0.388 e. The molecule has 3 fully saturated rings. The second-order valence-corrected chi connectivity index (χ2v) is 9.54. The Balaban J connectivity index is 1.92. The molecule has 8 atom stereocenters. The van der Waals surface area contributed by atoms with E-state index in [1.165, 1.54) is 0 Å². The van der Waals surface area contributed by atoms with E-state index in [1.54, 1.807) is 19.1 Å². The highest BCUT2D eigenvalue weighted by atomic mass is 16.3. The molecule has 4 rings (SSSR count). The van der Waals surface area contributed by atoms with Crippen LogP contribution >= 0.6 is 0 Å². The molecule has 0 aromatic rings. The van der Waals surface area contributed by atoms with Crippen LogP contribution < -0.4 is 0 Å². The van der Waals surface area contributed by atoms with Gasteiger partial charge in [-0.15, -0.1) is 0 Å². The zero-order chi connectivity index (χ0) is 18.4. The summed E-state index contributed by atoms with van der Waals surface area (Å²) in [6.07, 6.45) is 5.45. The monoisotopic (exact) mass is 346 g/mol. The molecular weight excluding hydrogens is 316 g/mol. The minimum Gasteiger partial charge on any atom is -0.388 e. The van der Waals surface area contributed by atoms with Gasteiger partial charge in [0.2, 0.25) is 0 Å². The van der Waals surface area contributed by atoms with Gasteiger partial charge >= 0.3 is 0 Å². The van der Waals surface area contributed by atoms with Gasteiger partial charge in [0.1, 0.15) is 5.78 Å². The van der Waals surface area contributed by atoms with Gasteiger partial charge in [-0.2, -0.15) is 0 Å². The van der Waals surface area contributed by atoms with Crippen molar-refractivity contribution in [1.29, 1.82) is 0 Å². The summed E-state index contributed by atoms with van der Waals surface area (Å²) in [6, 6.07) is 0. The second kappa shape index (κ2) is 4.85. The topological polar surface area (TPSA) is 77.8 Å². The van der Waals surface area contributed by atoms with Crippen molar-refractivity contribution in [2.45, 2.75) is 70.2 Å². The van der Waals surface area contributed by atoms with Crippen LogP contribution in [0.2, 0.25) is 0 Å². The van der Waals surface area contributed by atoms with Gasteiger partial charge < -0.3 is 15.3 Å². The molecular formula is C21H30O4. The number of carbonyl (C=O) groups excluding carboxylic acids is 1. The van der Waals surface area contributed by atoms with E-state index in [2.05, 4.69) is 13.5 Å². The van der Waals surface area contributed by atoms with E-state index in [-0.39, 0.29) is 29.0 Å². The lowest BCUT2D eigenvalue weighted by molar-refractivity contribution is -0.189. The van der Waals surface area contributed by atoms with E-state index in [9.17, 15) is 20.1 Å². The fourth-order valence-corrected chi connectivity index (χ4v) is 6.71. The lowest BCUT2D eigenvalue weighted by Gasteiger charge is -2.60. The third-order valence-electron chi connectivity index (χ3n) is 8.75. The smallest absolute Gasteiger partial charge is 0.142 e. The number of hydrogen-bond donors (Lipinski definition) is 3. The van der Waals surface area contributed by atoms with Crippen molar-refractivity contribution in [3.63, 3.8) is 0 Å². The van der Waals surface area contributed by atoms with Gasteiger partial charge in [-0.1, -0.05) is 32.6 Å². The predicted molar refractivity (Wildman–Crippen MR) is 94.6 cm³/mol. The summed E-state index contributed by atoms with van der Waals surface area (Å²) in [5.74, 6) is -0.363. The molecule has 0 aromatic heterocycles. The van der Waals surface area contributed by atoms with Crippen LogP contribution in [0.5, 0.6) is 0 Å². The molecule has 4 bridgehead atoms. The van der Waals surface area contributed by atoms with Gasteiger partial charge in [0.05, 0.1) is 22.7 Å². The maximum atomic E-state index is 13.2. The second-order valence-electron chi connectivity index (χ2n) is 9.54.